The van der Waals surface area contributed by atoms with Gasteiger partial charge in [-0.3, -0.25) is 10.1 Å². The summed E-state index contributed by atoms with van der Waals surface area (Å²) in [6, 6.07) is 5.37. The van der Waals surface area contributed by atoms with Gasteiger partial charge in [0.1, 0.15) is 5.69 Å². The lowest BCUT2D eigenvalue weighted by Crippen LogP contribution is -2.06. The molecule has 0 saturated carbocycles. The van der Waals surface area contributed by atoms with Crippen LogP contribution in [0.5, 0.6) is 0 Å². The molecule has 0 aliphatic carbocycles. The molecule has 0 heterocycles. The smallest absolute Gasteiger partial charge is 0.292 e. The van der Waals surface area contributed by atoms with Crippen molar-refractivity contribution < 1.29 is 4.92 Å². The first-order valence-electron chi connectivity index (χ1n) is 7.08. The summed E-state index contributed by atoms with van der Waals surface area (Å²) in [6.45, 7) is 9.43. The van der Waals surface area contributed by atoms with Gasteiger partial charge in [-0.25, -0.2) is 0 Å². The predicted molar refractivity (Wildman–Crippen MR) is 87.5 cm³/mol. The number of nitro groups is 1. The molecule has 0 aromatic heterocycles. The SMILES string of the molecule is CCCNc1cc(CSC(C)C(C)C)ccc1[N+](=O)[O-]. The van der Waals surface area contributed by atoms with Gasteiger partial charge in [-0.05, 0) is 24.0 Å². The van der Waals surface area contributed by atoms with Crippen molar-refractivity contribution in [3.8, 4) is 0 Å². The second-order valence-corrected chi connectivity index (χ2v) is 6.66. The molecule has 0 saturated heterocycles. The number of benzene rings is 1. The Kier molecular flexibility index (Phi) is 6.85. The summed E-state index contributed by atoms with van der Waals surface area (Å²) in [6.07, 6.45) is 0.945. The molecule has 1 aromatic carbocycles. The third-order valence-electron chi connectivity index (χ3n) is 3.27. The fourth-order valence-corrected chi connectivity index (χ4v) is 2.67. The van der Waals surface area contributed by atoms with Gasteiger partial charge in [0.2, 0.25) is 0 Å². The lowest BCUT2D eigenvalue weighted by molar-refractivity contribution is -0.384. The summed E-state index contributed by atoms with van der Waals surface area (Å²) < 4.78 is 0. The van der Waals surface area contributed by atoms with Gasteiger partial charge in [-0.2, -0.15) is 11.8 Å². The number of hydrogen-bond acceptors (Lipinski definition) is 4. The molecule has 20 heavy (non-hydrogen) atoms. The topological polar surface area (TPSA) is 55.2 Å². The number of rotatable bonds is 8. The van der Waals surface area contributed by atoms with Crippen LogP contribution in [0.3, 0.4) is 0 Å². The molecule has 0 amide bonds. The van der Waals surface area contributed by atoms with E-state index in [0.717, 1.165) is 24.3 Å². The van der Waals surface area contributed by atoms with Crippen LogP contribution in [0.25, 0.3) is 0 Å². The molecular weight excluding hydrogens is 272 g/mol. The van der Waals surface area contributed by atoms with Crippen LogP contribution < -0.4 is 5.32 Å². The Morgan fingerprint density at radius 2 is 2.05 bits per heavy atom. The van der Waals surface area contributed by atoms with Gasteiger partial charge >= 0.3 is 0 Å². The number of nitrogens with zero attached hydrogens (tertiary/aromatic N) is 1. The molecule has 0 aliphatic rings. The molecule has 5 heteroatoms. The van der Waals surface area contributed by atoms with Crippen molar-refractivity contribution in [3.05, 3.63) is 33.9 Å². The number of nitrogens with one attached hydrogen (secondary N) is 1. The van der Waals surface area contributed by atoms with Gasteiger partial charge < -0.3 is 5.32 Å². The molecule has 0 spiro atoms. The highest BCUT2D eigenvalue weighted by Gasteiger charge is 2.14. The minimum absolute atomic E-state index is 0.157. The normalized spacial score (nSPS) is 12.4. The zero-order valence-corrected chi connectivity index (χ0v) is 13.5. The second kappa shape index (κ2) is 8.15. The van der Waals surface area contributed by atoms with E-state index in [1.165, 1.54) is 0 Å². The maximum absolute atomic E-state index is 11.0. The average molecular weight is 296 g/mol. The fourth-order valence-electron chi connectivity index (χ4n) is 1.65. The van der Waals surface area contributed by atoms with Crippen LogP contribution in [0.15, 0.2) is 18.2 Å². The number of anilines is 1. The van der Waals surface area contributed by atoms with Gasteiger partial charge in [-0.1, -0.05) is 33.8 Å². The van der Waals surface area contributed by atoms with Crippen LogP contribution >= 0.6 is 11.8 Å². The molecule has 1 atom stereocenters. The lowest BCUT2D eigenvalue weighted by atomic mass is 10.1. The van der Waals surface area contributed by atoms with Crippen molar-refractivity contribution >= 4 is 23.1 Å². The van der Waals surface area contributed by atoms with Crippen LogP contribution in [-0.2, 0) is 5.75 Å². The second-order valence-electron chi connectivity index (χ2n) is 5.30. The Bertz CT molecular complexity index is 449. The summed E-state index contributed by atoms with van der Waals surface area (Å²) in [7, 11) is 0. The van der Waals surface area contributed by atoms with E-state index in [0.29, 0.717) is 16.9 Å². The van der Waals surface area contributed by atoms with Crippen LogP contribution in [0.2, 0.25) is 0 Å². The van der Waals surface area contributed by atoms with Crippen LogP contribution in [0.4, 0.5) is 11.4 Å². The zero-order chi connectivity index (χ0) is 15.1. The van der Waals surface area contributed by atoms with E-state index < -0.39 is 0 Å². The third-order valence-corrected chi connectivity index (χ3v) is 4.84. The van der Waals surface area contributed by atoms with Gasteiger partial charge in [0, 0.05) is 23.6 Å². The van der Waals surface area contributed by atoms with Crippen molar-refractivity contribution in [3.63, 3.8) is 0 Å². The zero-order valence-electron chi connectivity index (χ0n) is 12.7. The van der Waals surface area contributed by atoms with Gasteiger partial charge in [0.25, 0.3) is 5.69 Å². The first-order chi connectivity index (χ1) is 9.45. The first-order valence-corrected chi connectivity index (χ1v) is 8.13. The Labute approximate surface area is 125 Å². The van der Waals surface area contributed by atoms with Crippen LogP contribution in [0.1, 0.15) is 39.7 Å². The minimum Gasteiger partial charge on any atom is -0.379 e. The Morgan fingerprint density at radius 1 is 1.35 bits per heavy atom. The largest absolute Gasteiger partial charge is 0.379 e. The third kappa shape index (κ3) is 5.04. The fraction of sp³-hybridized carbons (Fsp3) is 0.600. The number of thioether (sulfide) groups is 1. The summed E-state index contributed by atoms with van der Waals surface area (Å²) in [5.74, 6) is 1.52. The highest BCUT2D eigenvalue weighted by molar-refractivity contribution is 7.99. The van der Waals surface area contributed by atoms with Crippen molar-refractivity contribution in [1.82, 2.24) is 0 Å². The quantitative estimate of drug-likeness (QED) is 0.558. The standard InChI is InChI=1S/C15H24N2O2S/c1-5-8-16-14-9-13(6-7-15(14)17(18)19)10-20-12(4)11(2)3/h6-7,9,11-12,16H,5,8,10H2,1-4H3. The van der Waals surface area contributed by atoms with Gasteiger partial charge in [0.15, 0.2) is 0 Å². The van der Waals surface area contributed by atoms with E-state index >= 15 is 0 Å². The monoisotopic (exact) mass is 296 g/mol. The molecule has 1 unspecified atom stereocenters. The minimum atomic E-state index is -0.328. The molecular formula is C15H24N2O2S. The van der Waals surface area contributed by atoms with E-state index in [2.05, 4.69) is 26.1 Å². The maximum atomic E-state index is 11.0. The molecule has 0 bridgehead atoms. The Morgan fingerprint density at radius 3 is 2.60 bits per heavy atom. The molecule has 1 aromatic rings. The molecule has 1 rings (SSSR count). The molecule has 0 aliphatic heterocycles. The van der Waals surface area contributed by atoms with Crippen molar-refractivity contribution in [2.24, 2.45) is 5.92 Å². The summed E-state index contributed by atoms with van der Waals surface area (Å²) >= 11 is 1.89. The number of nitro benzene ring substituents is 1. The first kappa shape index (κ1) is 16.8. The van der Waals surface area contributed by atoms with Crippen molar-refractivity contribution in [2.45, 2.75) is 45.1 Å². The Hall–Kier alpha value is -1.23. The van der Waals surface area contributed by atoms with Crippen LogP contribution in [-0.4, -0.2) is 16.7 Å². The van der Waals surface area contributed by atoms with E-state index in [4.69, 9.17) is 0 Å². The van der Waals surface area contributed by atoms with Gasteiger partial charge in [-0.15, -0.1) is 0 Å². The van der Waals surface area contributed by atoms with Gasteiger partial charge in [0.05, 0.1) is 4.92 Å². The summed E-state index contributed by atoms with van der Waals surface area (Å²) in [5.41, 5.74) is 1.92. The molecule has 0 fully saturated rings. The van der Waals surface area contributed by atoms with Crippen LogP contribution in [0, 0.1) is 16.0 Å². The van der Waals surface area contributed by atoms with Crippen molar-refractivity contribution in [2.75, 3.05) is 11.9 Å². The van der Waals surface area contributed by atoms with E-state index in [9.17, 15) is 10.1 Å². The molecule has 1 N–H and O–H groups in total. The van der Waals surface area contributed by atoms with E-state index in [1.54, 1.807) is 6.07 Å². The Balaban J connectivity index is 2.80. The molecule has 0 radical (unpaired) electrons. The summed E-state index contributed by atoms with van der Waals surface area (Å²) in [4.78, 5) is 10.7. The van der Waals surface area contributed by atoms with E-state index in [1.807, 2.05) is 30.8 Å². The summed E-state index contributed by atoms with van der Waals surface area (Å²) in [5, 5.41) is 14.7. The highest BCUT2D eigenvalue weighted by atomic mass is 32.2. The predicted octanol–water partition coefficient (Wildman–Crippen LogP) is 4.69. The highest BCUT2D eigenvalue weighted by Crippen LogP contribution is 2.29. The lowest BCUT2D eigenvalue weighted by Gasteiger charge is -2.15. The maximum Gasteiger partial charge on any atom is 0.292 e. The molecule has 4 nitrogen and oxygen atoms in total. The molecule has 112 valence electrons. The average Bonchev–Trinajstić information content (AvgIpc) is 2.42. The number of hydrogen-bond donors (Lipinski definition) is 1. The van der Waals surface area contributed by atoms with E-state index in [-0.39, 0.29) is 10.6 Å². The van der Waals surface area contributed by atoms with Crippen molar-refractivity contribution in [1.29, 1.82) is 0 Å².